The summed E-state index contributed by atoms with van der Waals surface area (Å²) in [4.78, 5) is 4.48. The predicted molar refractivity (Wildman–Crippen MR) is 89.6 cm³/mol. The molecule has 0 amide bonds. The highest BCUT2D eigenvalue weighted by Crippen LogP contribution is 2.32. The molecule has 0 saturated heterocycles. The highest BCUT2D eigenvalue weighted by atomic mass is 35.5. The first-order chi connectivity index (χ1) is 10.0. The van der Waals surface area contributed by atoms with E-state index in [1.165, 1.54) is 0 Å². The first-order valence-corrected chi connectivity index (χ1v) is 7.05. The maximum atomic E-state index is 6.23. The molecule has 0 bridgehead atoms. The van der Waals surface area contributed by atoms with Gasteiger partial charge in [-0.2, -0.15) is 0 Å². The van der Waals surface area contributed by atoms with Crippen LogP contribution in [0, 0.1) is 6.92 Å². The van der Waals surface area contributed by atoms with Crippen molar-refractivity contribution in [3.8, 4) is 11.5 Å². The number of hydrogen-bond acceptors (Lipinski definition) is 3. The predicted octanol–water partition coefficient (Wildman–Crippen LogP) is 4.11. The molecule has 0 spiro atoms. The van der Waals surface area contributed by atoms with Crippen molar-refractivity contribution in [2.45, 2.75) is 6.92 Å². The van der Waals surface area contributed by atoms with Gasteiger partial charge in [-0.15, -0.1) is 0 Å². The van der Waals surface area contributed by atoms with Gasteiger partial charge in [0.2, 0.25) is 5.89 Å². The lowest BCUT2D eigenvalue weighted by atomic mass is 10.2. The normalized spacial score (nSPS) is 10.8. The number of aryl methyl sites for hydroxylation is 1. The molecule has 0 fully saturated rings. The topological polar surface area (TPSA) is 64.1 Å². The zero-order valence-electron chi connectivity index (χ0n) is 11.2. The van der Waals surface area contributed by atoms with Gasteiger partial charge in [-0.05, 0) is 55.0 Å². The minimum absolute atomic E-state index is 0.191. The smallest absolute Gasteiger partial charge is 0.228 e. The third kappa shape index (κ3) is 2.84. The van der Waals surface area contributed by atoms with E-state index in [-0.39, 0.29) is 5.11 Å². The molecule has 0 aliphatic carbocycles. The fraction of sp³-hybridized carbons (Fsp3) is 0.0667. The van der Waals surface area contributed by atoms with Crippen LogP contribution in [0.15, 0.2) is 40.8 Å². The van der Waals surface area contributed by atoms with Crippen molar-refractivity contribution in [3.63, 3.8) is 0 Å². The van der Waals surface area contributed by atoms with Crippen LogP contribution in [0.25, 0.3) is 22.6 Å². The molecular weight excluding hydrogens is 306 g/mol. The summed E-state index contributed by atoms with van der Waals surface area (Å²) in [6.45, 7) is 2.01. The lowest BCUT2D eigenvalue weighted by Crippen LogP contribution is -2.18. The van der Waals surface area contributed by atoms with Crippen molar-refractivity contribution in [1.82, 2.24) is 4.98 Å². The van der Waals surface area contributed by atoms with E-state index in [2.05, 4.69) is 10.3 Å². The number of halogens is 1. The Morgan fingerprint density at radius 1 is 1.29 bits per heavy atom. The second-order valence-electron chi connectivity index (χ2n) is 4.67. The highest BCUT2D eigenvalue weighted by Gasteiger charge is 2.12. The lowest BCUT2D eigenvalue weighted by molar-refractivity contribution is 0.620. The Morgan fingerprint density at radius 3 is 2.86 bits per heavy atom. The maximum Gasteiger partial charge on any atom is 0.228 e. The van der Waals surface area contributed by atoms with E-state index < -0.39 is 0 Å². The molecule has 0 aliphatic heterocycles. The summed E-state index contributed by atoms with van der Waals surface area (Å²) in [5, 5.41) is 3.61. The van der Waals surface area contributed by atoms with Crippen LogP contribution in [0.2, 0.25) is 5.02 Å². The van der Waals surface area contributed by atoms with E-state index in [0.717, 1.165) is 22.4 Å². The largest absolute Gasteiger partial charge is 0.436 e. The van der Waals surface area contributed by atoms with Crippen LogP contribution in [0.1, 0.15) is 5.56 Å². The Morgan fingerprint density at radius 2 is 2.10 bits per heavy atom. The molecule has 0 radical (unpaired) electrons. The number of thiocarbonyl (C=S) groups is 1. The molecule has 3 rings (SSSR count). The molecule has 6 heteroatoms. The van der Waals surface area contributed by atoms with E-state index in [4.69, 9.17) is 34.0 Å². The van der Waals surface area contributed by atoms with Crippen LogP contribution in [-0.4, -0.2) is 10.1 Å². The highest BCUT2D eigenvalue weighted by molar-refractivity contribution is 7.80. The number of nitrogens with two attached hydrogens (primary N) is 1. The number of aromatic nitrogens is 1. The van der Waals surface area contributed by atoms with Gasteiger partial charge in [-0.1, -0.05) is 17.7 Å². The standard InChI is InChI=1S/C15H12ClN3OS/c1-8-2-5-13-12(6-8)19-14(20-13)10-7-9(18-15(17)21)3-4-11(10)16/h2-7H,1H3,(H3,17,18,21). The first kappa shape index (κ1) is 13.9. The minimum atomic E-state index is 0.191. The fourth-order valence-electron chi connectivity index (χ4n) is 2.06. The van der Waals surface area contributed by atoms with Crippen LogP contribution >= 0.6 is 23.8 Å². The van der Waals surface area contributed by atoms with Gasteiger partial charge in [0.1, 0.15) is 5.52 Å². The number of nitrogens with zero attached hydrogens (tertiary/aromatic N) is 1. The third-order valence-electron chi connectivity index (χ3n) is 3.01. The van der Waals surface area contributed by atoms with Crippen LogP contribution in [0.5, 0.6) is 0 Å². The summed E-state index contributed by atoms with van der Waals surface area (Å²) in [7, 11) is 0. The summed E-state index contributed by atoms with van der Waals surface area (Å²) >= 11 is 11.1. The SMILES string of the molecule is Cc1ccc2oc(-c3cc(NC(N)=S)ccc3Cl)nc2c1. The molecule has 3 aromatic rings. The Bertz CT molecular complexity index is 844. The number of nitrogens with one attached hydrogen (secondary N) is 1. The zero-order chi connectivity index (χ0) is 15.0. The van der Waals surface area contributed by atoms with Crippen molar-refractivity contribution < 1.29 is 4.42 Å². The molecule has 21 heavy (non-hydrogen) atoms. The van der Waals surface area contributed by atoms with Gasteiger partial charge in [0.05, 0.1) is 10.6 Å². The van der Waals surface area contributed by atoms with Crippen LogP contribution in [0.4, 0.5) is 5.69 Å². The van der Waals surface area contributed by atoms with Crippen LogP contribution in [0.3, 0.4) is 0 Å². The van der Waals surface area contributed by atoms with Gasteiger partial charge in [-0.3, -0.25) is 0 Å². The first-order valence-electron chi connectivity index (χ1n) is 6.26. The molecule has 2 aromatic carbocycles. The third-order valence-corrected chi connectivity index (χ3v) is 3.44. The van der Waals surface area contributed by atoms with Gasteiger partial charge < -0.3 is 15.5 Å². The summed E-state index contributed by atoms with van der Waals surface area (Å²) in [6.07, 6.45) is 0. The summed E-state index contributed by atoms with van der Waals surface area (Å²) < 4.78 is 5.76. The monoisotopic (exact) mass is 317 g/mol. The number of fused-ring (bicyclic) bond motifs is 1. The second-order valence-corrected chi connectivity index (χ2v) is 5.52. The Hall–Kier alpha value is -2.11. The van der Waals surface area contributed by atoms with Crippen molar-refractivity contribution in [3.05, 3.63) is 47.0 Å². The van der Waals surface area contributed by atoms with Gasteiger partial charge in [0.25, 0.3) is 0 Å². The van der Waals surface area contributed by atoms with E-state index in [0.29, 0.717) is 16.5 Å². The van der Waals surface area contributed by atoms with Gasteiger partial charge in [-0.25, -0.2) is 4.98 Å². The van der Waals surface area contributed by atoms with E-state index >= 15 is 0 Å². The number of hydrogen-bond donors (Lipinski definition) is 2. The Balaban J connectivity index is 2.10. The molecule has 0 atom stereocenters. The second kappa shape index (κ2) is 5.35. The minimum Gasteiger partial charge on any atom is -0.436 e. The summed E-state index contributed by atoms with van der Waals surface area (Å²) in [6, 6.07) is 11.2. The fourth-order valence-corrected chi connectivity index (χ4v) is 2.38. The number of oxazole rings is 1. The molecule has 0 saturated carbocycles. The van der Waals surface area contributed by atoms with Crippen LogP contribution < -0.4 is 11.1 Å². The molecule has 0 unspecified atom stereocenters. The number of anilines is 1. The van der Waals surface area contributed by atoms with E-state index in [9.17, 15) is 0 Å². The molecule has 3 N–H and O–H groups in total. The summed E-state index contributed by atoms with van der Waals surface area (Å²) in [5.74, 6) is 0.465. The van der Waals surface area contributed by atoms with Crippen molar-refractivity contribution in [2.75, 3.05) is 5.32 Å². The molecule has 1 aromatic heterocycles. The van der Waals surface area contributed by atoms with Gasteiger partial charge in [0, 0.05) is 5.69 Å². The summed E-state index contributed by atoms with van der Waals surface area (Å²) in [5.41, 5.74) is 9.54. The van der Waals surface area contributed by atoms with Gasteiger partial charge >= 0.3 is 0 Å². The average Bonchev–Trinajstić information content (AvgIpc) is 2.83. The van der Waals surface area contributed by atoms with E-state index in [1.54, 1.807) is 18.2 Å². The lowest BCUT2D eigenvalue weighted by Gasteiger charge is -2.06. The molecule has 0 aliphatic rings. The number of benzene rings is 2. The van der Waals surface area contributed by atoms with E-state index in [1.807, 2.05) is 25.1 Å². The molecule has 1 heterocycles. The molecular formula is C15H12ClN3OS. The Kier molecular flexibility index (Phi) is 3.53. The number of rotatable bonds is 2. The Labute approximate surface area is 131 Å². The zero-order valence-corrected chi connectivity index (χ0v) is 12.8. The van der Waals surface area contributed by atoms with Gasteiger partial charge in [0.15, 0.2) is 10.7 Å². The maximum absolute atomic E-state index is 6.23. The average molecular weight is 318 g/mol. The quantitative estimate of drug-likeness (QED) is 0.696. The molecule has 4 nitrogen and oxygen atoms in total. The van der Waals surface area contributed by atoms with Crippen molar-refractivity contribution >= 4 is 45.7 Å². The molecule has 106 valence electrons. The van der Waals surface area contributed by atoms with Crippen molar-refractivity contribution in [1.29, 1.82) is 0 Å². The van der Waals surface area contributed by atoms with Crippen LogP contribution in [-0.2, 0) is 0 Å². The van der Waals surface area contributed by atoms with Crippen molar-refractivity contribution in [2.24, 2.45) is 5.73 Å².